The van der Waals surface area contributed by atoms with E-state index in [2.05, 4.69) is 9.71 Å². The van der Waals surface area contributed by atoms with Gasteiger partial charge in [0.25, 0.3) is 15.9 Å². The summed E-state index contributed by atoms with van der Waals surface area (Å²) in [5, 5.41) is 0. The molecule has 0 unspecified atom stereocenters. The van der Waals surface area contributed by atoms with Crippen molar-refractivity contribution in [2.24, 2.45) is 0 Å². The van der Waals surface area contributed by atoms with Crippen LogP contribution in [0.15, 0.2) is 59.6 Å². The first-order chi connectivity index (χ1) is 14.8. The number of carbonyl (C=O) groups is 1. The minimum Gasteiger partial charge on any atom is -0.453 e. The molecule has 0 saturated heterocycles. The number of nitrogens with one attached hydrogen (secondary N) is 1. The van der Waals surface area contributed by atoms with Crippen molar-refractivity contribution < 1.29 is 22.3 Å². The lowest BCUT2D eigenvalue weighted by atomic mass is 10.1. The van der Waals surface area contributed by atoms with Crippen LogP contribution in [0.25, 0.3) is 0 Å². The molecule has 1 aliphatic heterocycles. The van der Waals surface area contributed by atoms with Crippen molar-refractivity contribution in [1.29, 1.82) is 0 Å². The Kier molecular flexibility index (Phi) is 5.36. The molecule has 0 bridgehead atoms. The summed E-state index contributed by atoms with van der Waals surface area (Å²) in [5.74, 6) is 0.0527. The highest BCUT2D eigenvalue weighted by Crippen LogP contribution is 2.38. The van der Waals surface area contributed by atoms with Gasteiger partial charge in [-0.25, -0.2) is 17.8 Å². The predicted molar refractivity (Wildman–Crippen MR) is 115 cm³/mol. The van der Waals surface area contributed by atoms with Gasteiger partial charge in [0.1, 0.15) is 11.6 Å². The Bertz CT molecular complexity index is 1280. The zero-order valence-electron chi connectivity index (χ0n) is 16.9. The lowest BCUT2D eigenvalue weighted by Crippen LogP contribution is -2.31. The van der Waals surface area contributed by atoms with Crippen molar-refractivity contribution >= 4 is 27.4 Å². The molecule has 1 aliphatic rings. The number of halogens is 1. The highest BCUT2D eigenvalue weighted by Gasteiger charge is 2.30. The molecule has 1 aromatic heterocycles. The van der Waals surface area contributed by atoms with Crippen LogP contribution in [0.5, 0.6) is 11.5 Å². The third-order valence-electron chi connectivity index (χ3n) is 4.85. The van der Waals surface area contributed by atoms with Crippen molar-refractivity contribution in [2.75, 3.05) is 16.2 Å². The van der Waals surface area contributed by atoms with Crippen LogP contribution in [0.1, 0.15) is 29.3 Å². The molecule has 2 heterocycles. The molecule has 160 valence electrons. The number of aromatic nitrogens is 1. The van der Waals surface area contributed by atoms with Crippen molar-refractivity contribution in [3.63, 3.8) is 0 Å². The number of rotatable bonds is 5. The summed E-state index contributed by atoms with van der Waals surface area (Å²) in [7, 11) is -4.08. The number of benzene rings is 2. The number of sulfonamides is 1. The fourth-order valence-electron chi connectivity index (χ4n) is 3.30. The van der Waals surface area contributed by atoms with Crippen LogP contribution in [-0.4, -0.2) is 25.9 Å². The first-order valence-corrected chi connectivity index (χ1v) is 11.2. The number of carbonyl (C=O) groups excluding carboxylic acids is 1. The number of hydrogen-bond donors (Lipinski definition) is 1. The Labute approximate surface area is 179 Å². The van der Waals surface area contributed by atoms with Crippen molar-refractivity contribution in [2.45, 2.75) is 25.2 Å². The van der Waals surface area contributed by atoms with E-state index in [4.69, 9.17) is 4.74 Å². The highest BCUT2D eigenvalue weighted by atomic mass is 32.2. The Morgan fingerprint density at radius 2 is 1.94 bits per heavy atom. The molecule has 7 nitrogen and oxygen atoms in total. The van der Waals surface area contributed by atoms with Crippen LogP contribution < -0.4 is 14.4 Å². The van der Waals surface area contributed by atoms with Crippen molar-refractivity contribution in [3.05, 3.63) is 71.7 Å². The molecule has 2 aromatic carbocycles. The molecular formula is C22H20FN3O4S. The standard InChI is InChI=1S/C22H20FN3O4S/c1-3-11-26-21-20(5-4-10-24-21)30-19-9-8-16(13-17(19)22(26)27)31(28,29)25-18-12-15(23)7-6-14(18)2/h4-10,12-13,25H,3,11H2,1-2H3. The van der Waals surface area contributed by atoms with Gasteiger partial charge in [-0.1, -0.05) is 13.0 Å². The lowest BCUT2D eigenvalue weighted by molar-refractivity contribution is 0.0986. The minimum absolute atomic E-state index is 0.102. The summed E-state index contributed by atoms with van der Waals surface area (Å²) in [6.07, 6.45) is 2.24. The van der Waals surface area contributed by atoms with Crippen LogP contribution in [-0.2, 0) is 10.0 Å². The molecule has 4 rings (SSSR count). The Morgan fingerprint density at radius 1 is 1.13 bits per heavy atom. The summed E-state index contributed by atoms with van der Waals surface area (Å²) in [6, 6.07) is 11.3. The lowest BCUT2D eigenvalue weighted by Gasteiger charge is -2.20. The Balaban J connectivity index is 1.76. The molecule has 0 saturated carbocycles. The van der Waals surface area contributed by atoms with E-state index in [0.29, 0.717) is 30.1 Å². The Morgan fingerprint density at radius 3 is 2.71 bits per heavy atom. The van der Waals surface area contributed by atoms with Gasteiger partial charge in [-0.2, -0.15) is 0 Å². The second-order valence-corrected chi connectivity index (χ2v) is 8.79. The number of ether oxygens (including phenoxy) is 1. The second kappa shape index (κ2) is 7.99. The van der Waals surface area contributed by atoms with E-state index >= 15 is 0 Å². The van der Waals surface area contributed by atoms with Crippen LogP contribution in [0.2, 0.25) is 0 Å². The molecule has 31 heavy (non-hydrogen) atoms. The molecule has 0 radical (unpaired) electrons. The number of aryl methyl sites for hydroxylation is 1. The summed E-state index contributed by atoms with van der Waals surface area (Å²) >= 11 is 0. The smallest absolute Gasteiger partial charge is 0.263 e. The summed E-state index contributed by atoms with van der Waals surface area (Å²) in [4.78, 5) is 18.9. The zero-order valence-corrected chi connectivity index (χ0v) is 17.7. The highest BCUT2D eigenvalue weighted by molar-refractivity contribution is 7.92. The molecule has 3 aromatic rings. The van der Waals surface area contributed by atoms with E-state index in [1.54, 1.807) is 25.3 Å². The molecule has 0 fully saturated rings. The number of amides is 1. The number of hydrogen-bond acceptors (Lipinski definition) is 5. The van der Waals surface area contributed by atoms with Crippen molar-refractivity contribution in [1.82, 2.24) is 4.98 Å². The van der Waals surface area contributed by atoms with Gasteiger partial charge in [-0.05, 0) is 61.4 Å². The largest absolute Gasteiger partial charge is 0.453 e. The van der Waals surface area contributed by atoms with Crippen LogP contribution >= 0.6 is 0 Å². The molecular weight excluding hydrogens is 421 g/mol. The maximum atomic E-state index is 13.6. The van der Waals surface area contributed by atoms with Crippen molar-refractivity contribution in [3.8, 4) is 11.5 Å². The maximum Gasteiger partial charge on any atom is 0.263 e. The van der Waals surface area contributed by atoms with Gasteiger partial charge in [-0.3, -0.25) is 14.4 Å². The summed E-state index contributed by atoms with van der Waals surface area (Å²) < 4.78 is 47.8. The molecule has 1 N–H and O–H groups in total. The maximum absolute atomic E-state index is 13.6. The summed E-state index contributed by atoms with van der Waals surface area (Å²) in [5.41, 5.74) is 0.793. The molecule has 0 spiro atoms. The van der Waals surface area contributed by atoms with E-state index < -0.39 is 21.7 Å². The monoisotopic (exact) mass is 441 g/mol. The number of anilines is 2. The average Bonchev–Trinajstić information content (AvgIpc) is 2.85. The number of pyridine rings is 1. The van der Waals surface area contributed by atoms with Gasteiger partial charge in [0.15, 0.2) is 11.6 Å². The first-order valence-electron chi connectivity index (χ1n) is 9.68. The predicted octanol–water partition coefficient (Wildman–Crippen LogP) is 4.49. The first kappa shape index (κ1) is 20.8. The SMILES string of the molecule is CCCN1C(=O)c2cc(S(=O)(=O)Nc3cc(F)ccc3C)ccc2Oc2cccnc21. The topological polar surface area (TPSA) is 88.6 Å². The summed E-state index contributed by atoms with van der Waals surface area (Å²) in [6.45, 7) is 3.98. The fourth-order valence-corrected chi connectivity index (χ4v) is 4.44. The van der Waals surface area contributed by atoms with Crippen LogP contribution in [0.4, 0.5) is 15.9 Å². The quantitative estimate of drug-likeness (QED) is 0.630. The minimum atomic E-state index is -4.08. The normalized spacial score (nSPS) is 13.1. The van der Waals surface area contributed by atoms with Gasteiger partial charge in [0.05, 0.1) is 16.1 Å². The van der Waals surface area contributed by atoms with Crippen LogP contribution in [0.3, 0.4) is 0 Å². The fraction of sp³-hybridized carbons (Fsp3) is 0.182. The number of nitrogens with zero attached hydrogens (tertiary/aromatic N) is 2. The van der Waals surface area contributed by atoms with Gasteiger partial charge in [0.2, 0.25) is 0 Å². The zero-order chi connectivity index (χ0) is 22.2. The molecule has 1 amide bonds. The van der Waals surface area contributed by atoms with Crippen LogP contribution in [0, 0.1) is 12.7 Å². The Hall–Kier alpha value is -3.46. The van der Waals surface area contributed by atoms with Gasteiger partial charge in [-0.15, -0.1) is 0 Å². The van der Waals surface area contributed by atoms with E-state index in [1.165, 1.54) is 35.2 Å². The molecule has 9 heteroatoms. The second-order valence-electron chi connectivity index (χ2n) is 7.11. The number of fused-ring (bicyclic) bond motifs is 2. The van der Waals surface area contributed by atoms with Gasteiger partial charge in [0, 0.05) is 12.7 Å². The van der Waals surface area contributed by atoms with Gasteiger partial charge < -0.3 is 4.74 Å². The van der Waals surface area contributed by atoms with E-state index in [0.717, 1.165) is 6.07 Å². The molecule has 0 atom stereocenters. The average molecular weight is 441 g/mol. The van der Waals surface area contributed by atoms with E-state index in [-0.39, 0.29) is 21.9 Å². The van der Waals surface area contributed by atoms with Gasteiger partial charge >= 0.3 is 0 Å². The van der Waals surface area contributed by atoms with E-state index in [1.807, 2.05) is 6.92 Å². The van der Waals surface area contributed by atoms with E-state index in [9.17, 15) is 17.6 Å². The molecule has 0 aliphatic carbocycles. The third-order valence-corrected chi connectivity index (χ3v) is 6.22. The third kappa shape index (κ3) is 3.96.